The molecule has 0 bridgehead atoms. The van der Waals surface area contributed by atoms with Crippen LogP contribution in [0.4, 0.5) is 14.5 Å². The number of carbonyl (C=O) groups is 2. The fraction of sp³-hybridized carbons (Fsp3) is 0.111. The Labute approximate surface area is 143 Å². The Morgan fingerprint density at radius 3 is 2.28 bits per heavy atom. The van der Waals surface area contributed by atoms with Crippen LogP contribution in [-0.2, 0) is 16.0 Å². The third-order valence-corrected chi connectivity index (χ3v) is 3.13. The van der Waals surface area contributed by atoms with Gasteiger partial charge in [0, 0.05) is 11.8 Å². The number of hydrogen-bond acceptors (Lipinski definition) is 3. The number of benzene rings is 2. The second-order valence-electron chi connectivity index (χ2n) is 5.11. The minimum atomic E-state index is -2.87. The summed E-state index contributed by atoms with van der Waals surface area (Å²) >= 11 is 0. The van der Waals surface area contributed by atoms with E-state index in [2.05, 4.69) is 10.1 Å². The first-order valence-electron chi connectivity index (χ1n) is 7.33. The summed E-state index contributed by atoms with van der Waals surface area (Å²) < 4.78 is 28.4. The van der Waals surface area contributed by atoms with Crippen molar-refractivity contribution in [3.05, 3.63) is 65.7 Å². The molecule has 0 aliphatic heterocycles. The van der Waals surface area contributed by atoms with Crippen LogP contribution in [0.15, 0.2) is 54.6 Å². The molecule has 0 aliphatic rings. The van der Waals surface area contributed by atoms with Gasteiger partial charge in [-0.2, -0.15) is 8.78 Å². The summed E-state index contributed by atoms with van der Waals surface area (Å²) in [5, 5.41) is 2.66. The van der Waals surface area contributed by atoms with Crippen molar-refractivity contribution in [2.75, 3.05) is 5.32 Å². The zero-order valence-electron chi connectivity index (χ0n) is 13.1. The first-order chi connectivity index (χ1) is 11.9. The predicted octanol–water partition coefficient (Wildman–Crippen LogP) is 2.97. The van der Waals surface area contributed by atoms with Gasteiger partial charge < -0.3 is 15.8 Å². The molecule has 0 saturated carbocycles. The van der Waals surface area contributed by atoms with E-state index in [0.717, 1.165) is 5.56 Å². The number of alkyl halides is 2. The minimum Gasteiger partial charge on any atom is -0.435 e. The van der Waals surface area contributed by atoms with Crippen LogP contribution in [0.3, 0.4) is 0 Å². The molecule has 0 unspecified atom stereocenters. The molecule has 0 atom stereocenters. The van der Waals surface area contributed by atoms with Gasteiger partial charge in [0.25, 0.3) is 0 Å². The van der Waals surface area contributed by atoms with Crippen molar-refractivity contribution in [3.8, 4) is 5.75 Å². The van der Waals surface area contributed by atoms with Crippen molar-refractivity contribution < 1.29 is 23.1 Å². The second kappa shape index (κ2) is 8.58. The van der Waals surface area contributed by atoms with Gasteiger partial charge in [-0.05, 0) is 41.5 Å². The van der Waals surface area contributed by atoms with Crippen molar-refractivity contribution in [2.45, 2.75) is 13.0 Å². The molecule has 25 heavy (non-hydrogen) atoms. The topological polar surface area (TPSA) is 81.4 Å². The van der Waals surface area contributed by atoms with E-state index in [0.29, 0.717) is 11.3 Å². The number of carbonyl (C=O) groups excluding carboxylic acids is 2. The summed E-state index contributed by atoms with van der Waals surface area (Å²) in [4.78, 5) is 22.7. The van der Waals surface area contributed by atoms with E-state index in [1.807, 2.05) is 0 Å². The zero-order valence-corrected chi connectivity index (χ0v) is 13.1. The van der Waals surface area contributed by atoms with E-state index in [4.69, 9.17) is 5.73 Å². The number of nitrogens with one attached hydrogen (secondary N) is 1. The molecule has 130 valence electrons. The summed E-state index contributed by atoms with van der Waals surface area (Å²) in [5.41, 5.74) is 7.10. The largest absolute Gasteiger partial charge is 0.435 e. The average Bonchev–Trinajstić information content (AvgIpc) is 2.55. The SMILES string of the molecule is NC(=O)Cc1ccc(NC(=O)/C=C/c2ccc(OC(F)F)cc2)cc1. The highest BCUT2D eigenvalue weighted by Crippen LogP contribution is 2.16. The van der Waals surface area contributed by atoms with Crippen LogP contribution in [0, 0.1) is 0 Å². The molecule has 5 nitrogen and oxygen atoms in total. The van der Waals surface area contributed by atoms with Gasteiger partial charge in [-0.15, -0.1) is 0 Å². The number of ether oxygens (including phenoxy) is 1. The first kappa shape index (κ1) is 18.1. The third kappa shape index (κ3) is 6.42. The van der Waals surface area contributed by atoms with Crippen LogP contribution < -0.4 is 15.8 Å². The van der Waals surface area contributed by atoms with E-state index in [1.54, 1.807) is 42.5 Å². The molecule has 0 saturated heterocycles. The fourth-order valence-electron chi connectivity index (χ4n) is 2.02. The van der Waals surface area contributed by atoms with Crippen LogP contribution in [0.25, 0.3) is 6.08 Å². The summed E-state index contributed by atoms with van der Waals surface area (Å²) in [7, 11) is 0. The number of rotatable bonds is 7. The van der Waals surface area contributed by atoms with Gasteiger partial charge in [0.15, 0.2) is 0 Å². The Hall–Kier alpha value is -3.22. The van der Waals surface area contributed by atoms with Gasteiger partial charge in [-0.25, -0.2) is 0 Å². The van der Waals surface area contributed by atoms with Gasteiger partial charge in [0.05, 0.1) is 6.42 Å². The lowest BCUT2D eigenvalue weighted by atomic mass is 10.1. The standard InChI is InChI=1S/C18H16F2N2O3/c19-18(20)25-15-8-3-12(4-9-15)5-10-17(24)22-14-6-1-13(2-7-14)11-16(21)23/h1-10,18H,11H2,(H2,21,23)(H,22,24)/b10-5+. The predicted molar refractivity (Wildman–Crippen MR) is 90.1 cm³/mol. The summed E-state index contributed by atoms with van der Waals surface area (Å²) in [6.45, 7) is -2.87. The average molecular weight is 346 g/mol. The maximum Gasteiger partial charge on any atom is 0.387 e. The number of anilines is 1. The van der Waals surface area contributed by atoms with Crippen LogP contribution in [-0.4, -0.2) is 18.4 Å². The number of primary amides is 1. The van der Waals surface area contributed by atoms with Crippen LogP contribution >= 0.6 is 0 Å². The van der Waals surface area contributed by atoms with Gasteiger partial charge in [-0.1, -0.05) is 24.3 Å². The van der Waals surface area contributed by atoms with Gasteiger partial charge in [-0.3, -0.25) is 9.59 Å². The monoisotopic (exact) mass is 346 g/mol. The van der Waals surface area contributed by atoms with E-state index in [1.165, 1.54) is 18.2 Å². The van der Waals surface area contributed by atoms with Crippen LogP contribution in [0.5, 0.6) is 5.75 Å². The van der Waals surface area contributed by atoms with E-state index in [9.17, 15) is 18.4 Å². The lowest BCUT2D eigenvalue weighted by molar-refractivity contribution is -0.117. The highest BCUT2D eigenvalue weighted by atomic mass is 19.3. The smallest absolute Gasteiger partial charge is 0.387 e. The minimum absolute atomic E-state index is 0.0488. The number of hydrogen-bond donors (Lipinski definition) is 2. The molecule has 2 aromatic carbocycles. The van der Waals surface area contributed by atoms with Crippen molar-refractivity contribution in [2.24, 2.45) is 5.73 Å². The zero-order chi connectivity index (χ0) is 18.2. The second-order valence-corrected chi connectivity index (χ2v) is 5.11. The molecule has 0 fully saturated rings. The van der Waals surface area contributed by atoms with Gasteiger partial charge >= 0.3 is 6.61 Å². The summed E-state index contributed by atoms with van der Waals surface area (Å²) in [5.74, 6) is -0.729. The maximum atomic E-state index is 12.1. The van der Waals surface area contributed by atoms with Crippen molar-refractivity contribution in [1.29, 1.82) is 0 Å². The Morgan fingerprint density at radius 2 is 1.72 bits per heavy atom. The third-order valence-electron chi connectivity index (χ3n) is 3.13. The molecule has 2 rings (SSSR count). The molecule has 0 heterocycles. The lowest BCUT2D eigenvalue weighted by Crippen LogP contribution is -2.13. The number of halogens is 2. The van der Waals surface area contributed by atoms with Gasteiger partial charge in [0.1, 0.15) is 5.75 Å². The molecular weight excluding hydrogens is 330 g/mol. The molecule has 0 spiro atoms. The van der Waals surface area contributed by atoms with Crippen LogP contribution in [0.1, 0.15) is 11.1 Å². The van der Waals surface area contributed by atoms with Crippen molar-refractivity contribution in [1.82, 2.24) is 0 Å². The highest BCUT2D eigenvalue weighted by molar-refractivity contribution is 6.01. The highest BCUT2D eigenvalue weighted by Gasteiger charge is 2.03. The fourth-order valence-corrected chi connectivity index (χ4v) is 2.02. The molecule has 2 amide bonds. The maximum absolute atomic E-state index is 12.1. The quantitative estimate of drug-likeness (QED) is 0.756. The Balaban J connectivity index is 1.90. The Bertz CT molecular complexity index is 757. The Morgan fingerprint density at radius 1 is 1.08 bits per heavy atom. The van der Waals surface area contributed by atoms with Crippen molar-refractivity contribution in [3.63, 3.8) is 0 Å². The number of nitrogens with two attached hydrogens (primary N) is 1. The molecule has 0 aliphatic carbocycles. The molecule has 2 aromatic rings. The molecule has 0 radical (unpaired) electrons. The number of amides is 2. The van der Waals surface area contributed by atoms with Gasteiger partial charge in [0.2, 0.25) is 11.8 Å². The molecular formula is C18H16F2N2O3. The van der Waals surface area contributed by atoms with E-state index in [-0.39, 0.29) is 18.1 Å². The lowest BCUT2D eigenvalue weighted by Gasteiger charge is -2.04. The Kier molecular flexibility index (Phi) is 6.22. The molecule has 7 heteroatoms. The molecule has 0 aromatic heterocycles. The first-order valence-corrected chi connectivity index (χ1v) is 7.33. The summed E-state index contributed by atoms with van der Waals surface area (Å²) in [6.07, 6.45) is 3.00. The van der Waals surface area contributed by atoms with Crippen LogP contribution in [0.2, 0.25) is 0 Å². The van der Waals surface area contributed by atoms with E-state index >= 15 is 0 Å². The summed E-state index contributed by atoms with van der Waals surface area (Å²) in [6, 6.07) is 12.6. The van der Waals surface area contributed by atoms with E-state index < -0.39 is 12.5 Å². The normalized spacial score (nSPS) is 10.8. The van der Waals surface area contributed by atoms with Crippen molar-refractivity contribution >= 4 is 23.6 Å². The molecule has 3 N–H and O–H groups in total.